The first kappa shape index (κ1) is 18.7. The van der Waals surface area contributed by atoms with Crippen molar-refractivity contribution in [2.75, 3.05) is 19.6 Å². The number of ether oxygens (including phenoxy) is 1. The summed E-state index contributed by atoms with van der Waals surface area (Å²) >= 11 is 0. The van der Waals surface area contributed by atoms with Crippen molar-refractivity contribution in [1.82, 2.24) is 10.2 Å². The average molecular weight is 363 g/mol. The molecular formula is C22H38N2O2. The molecule has 1 spiro atoms. The molecule has 0 aromatic carbocycles. The first-order valence-electron chi connectivity index (χ1n) is 11.4. The Bertz CT molecular complexity index is 461. The molecule has 4 rings (SSSR count). The van der Waals surface area contributed by atoms with Crippen LogP contribution in [0, 0.1) is 5.92 Å². The molecule has 2 saturated carbocycles. The van der Waals surface area contributed by atoms with Crippen LogP contribution >= 0.6 is 0 Å². The number of nitrogens with zero attached hydrogens (tertiary/aromatic N) is 1. The van der Waals surface area contributed by atoms with Gasteiger partial charge in [0, 0.05) is 31.6 Å². The average Bonchev–Trinajstić information content (AvgIpc) is 3.06. The zero-order valence-corrected chi connectivity index (χ0v) is 16.5. The third-order valence-electron chi connectivity index (χ3n) is 7.48. The Kier molecular flexibility index (Phi) is 6.20. The van der Waals surface area contributed by atoms with Crippen molar-refractivity contribution < 1.29 is 9.53 Å². The first-order chi connectivity index (χ1) is 12.7. The molecular weight excluding hydrogens is 324 g/mol. The van der Waals surface area contributed by atoms with E-state index < -0.39 is 0 Å². The second kappa shape index (κ2) is 8.60. The molecule has 0 aromatic heterocycles. The van der Waals surface area contributed by atoms with Crippen LogP contribution in [0.1, 0.15) is 89.9 Å². The lowest BCUT2D eigenvalue weighted by Crippen LogP contribution is -2.48. The molecule has 1 amide bonds. The van der Waals surface area contributed by atoms with E-state index in [1.807, 2.05) is 0 Å². The van der Waals surface area contributed by atoms with Crippen LogP contribution in [-0.2, 0) is 9.53 Å². The van der Waals surface area contributed by atoms with E-state index in [1.165, 1.54) is 64.2 Å². The number of hydrogen-bond acceptors (Lipinski definition) is 3. The Hall–Kier alpha value is -0.610. The number of piperidine rings is 1. The monoisotopic (exact) mass is 362 g/mol. The minimum absolute atomic E-state index is 0.245. The van der Waals surface area contributed by atoms with Gasteiger partial charge in [-0.3, -0.25) is 4.79 Å². The predicted molar refractivity (Wildman–Crippen MR) is 104 cm³/mol. The predicted octanol–water partition coefficient (Wildman–Crippen LogP) is 4.03. The van der Waals surface area contributed by atoms with Gasteiger partial charge in [-0.25, -0.2) is 0 Å². The number of hydrogen-bond donors (Lipinski definition) is 1. The number of amides is 1. The van der Waals surface area contributed by atoms with Crippen molar-refractivity contribution in [2.45, 2.75) is 108 Å². The molecule has 1 N–H and O–H groups in total. The van der Waals surface area contributed by atoms with Crippen LogP contribution in [0.2, 0.25) is 0 Å². The lowest BCUT2D eigenvalue weighted by atomic mass is 9.83. The summed E-state index contributed by atoms with van der Waals surface area (Å²) < 4.78 is 6.55. The number of carbonyl (C=O) groups is 1. The summed E-state index contributed by atoms with van der Waals surface area (Å²) in [6.45, 7) is 3.33. The molecule has 0 aromatic rings. The van der Waals surface area contributed by atoms with E-state index in [4.69, 9.17) is 4.74 Å². The normalized spacial score (nSPS) is 31.3. The van der Waals surface area contributed by atoms with Gasteiger partial charge in [-0.15, -0.1) is 0 Å². The van der Waals surface area contributed by atoms with Crippen LogP contribution in [0.5, 0.6) is 0 Å². The summed E-state index contributed by atoms with van der Waals surface area (Å²) in [6.07, 6.45) is 17.9. The molecule has 1 unspecified atom stereocenters. The highest BCUT2D eigenvalue weighted by Gasteiger charge is 2.41. The molecule has 0 radical (unpaired) electrons. The highest BCUT2D eigenvalue weighted by atomic mass is 16.5. The summed E-state index contributed by atoms with van der Waals surface area (Å²) in [5.41, 5.74) is 0.245. The van der Waals surface area contributed by atoms with E-state index in [-0.39, 0.29) is 5.60 Å². The molecule has 0 bridgehead atoms. The number of nitrogens with one attached hydrogen (secondary N) is 1. The molecule has 2 aliphatic heterocycles. The highest BCUT2D eigenvalue weighted by molar-refractivity contribution is 5.79. The summed E-state index contributed by atoms with van der Waals surface area (Å²) in [7, 11) is 0. The van der Waals surface area contributed by atoms with Gasteiger partial charge in [0.2, 0.25) is 5.91 Å². The quantitative estimate of drug-likeness (QED) is 0.821. The van der Waals surface area contributed by atoms with Gasteiger partial charge in [0.25, 0.3) is 0 Å². The van der Waals surface area contributed by atoms with Crippen LogP contribution in [0.15, 0.2) is 0 Å². The molecule has 4 heteroatoms. The maximum Gasteiger partial charge on any atom is 0.223 e. The van der Waals surface area contributed by atoms with Crippen LogP contribution in [0.3, 0.4) is 0 Å². The highest BCUT2D eigenvalue weighted by Crippen LogP contribution is 2.42. The summed E-state index contributed by atoms with van der Waals surface area (Å²) in [4.78, 5) is 15.0. The van der Waals surface area contributed by atoms with Gasteiger partial charge < -0.3 is 15.0 Å². The zero-order valence-electron chi connectivity index (χ0n) is 16.5. The van der Waals surface area contributed by atoms with E-state index in [2.05, 4.69) is 10.2 Å². The summed E-state index contributed by atoms with van der Waals surface area (Å²) in [6, 6.07) is 0.398. The molecule has 2 heterocycles. The molecule has 4 fully saturated rings. The standard InChI is InChI=1S/C22H38N2O2/c25-21(18-7-3-1-4-8-18)23-19-10-15-24(16-11-19)17-20-9-14-22(26-20)12-5-2-6-13-22/h18-20H,1-17H2,(H,23,25). The molecule has 2 aliphatic carbocycles. The van der Waals surface area contributed by atoms with E-state index in [9.17, 15) is 4.79 Å². The topological polar surface area (TPSA) is 41.6 Å². The van der Waals surface area contributed by atoms with Crippen molar-refractivity contribution in [3.8, 4) is 0 Å². The third-order valence-corrected chi connectivity index (χ3v) is 7.48. The summed E-state index contributed by atoms with van der Waals surface area (Å²) in [5, 5.41) is 3.35. The van der Waals surface area contributed by atoms with Gasteiger partial charge in [-0.05, 0) is 51.4 Å². The van der Waals surface area contributed by atoms with E-state index in [1.54, 1.807) is 0 Å². The second-order valence-corrected chi connectivity index (χ2v) is 9.44. The van der Waals surface area contributed by atoms with E-state index in [0.717, 1.165) is 45.3 Å². The van der Waals surface area contributed by atoms with Crippen molar-refractivity contribution in [3.05, 3.63) is 0 Å². The molecule has 1 atom stereocenters. The fourth-order valence-corrected chi connectivity index (χ4v) is 5.82. The lowest BCUT2D eigenvalue weighted by molar-refractivity contribution is -0.127. The minimum atomic E-state index is 0.245. The Balaban J connectivity index is 1.16. The maximum absolute atomic E-state index is 12.5. The van der Waals surface area contributed by atoms with Crippen LogP contribution in [-0.4, -0.2) is 48.2 Å². The van der Waals surface area contributed by atoms with E-state index >= 15 is 0 Å². The van der Waals surface area contributed by atoms with Gasteiger partial charge in [0.15, 0.2) is 0 Å². The van der Waals surface area contributed by atoms with Gasteiger partial charge in [-0.1, -0.05) is 38.5 Å². The number of likely N-dealkylation sites (tertiary alicyclic amines) is 1. The fraction of sp³-hybridized carbons (Fsp3) is 0.955. The largest absolute Gasteiger partial charge is 0.370 e. The second-order valence-electron chi connectivity index (χ2n) is 9.44. The summed E-state index contributed by atoms with van der Waals surface area (Å²) in [5.74, 6) is 0.627. The van der Waals surface area contributed by atoms with Gasteiger partial charge in [0.1, 0.15) is 0 Å². The lowest BCUT2D eigenvalue weighted by Gasteiger charge is -2.36. The van der Waals surface area contributed by atoms with Crippen LogP contribution in [0.25, 0.3) is 0 Å². The Labute approximate surface area is 159 Å². The minimum Gasteiger partial charge on any atom is -0.370 e. The third kappa shape index (κ3) is 4.62. The van der Waals surface area contributed by atoms with E-state index in [0.29, 0.717) is 24.0 Å². The maximum atomic E-state index is 12.5. The Morgan fingerprint density at radius 2 is 1.58 bits per heavy atom. The number of carbonyl (C=O) groups excluding carboxylic acids is 1. The van der Waals surface area contributed by atoms with Crippen molar-refractivity contribution in [2.24, 2.45) is 5.92 Å². The van der Waals surface area contributed by atoms with Gasteiger partial charge in [0.05, 0.1) is 11.7 Å². The molecule has 4 nitrogen and oxygen atoms in total. The van der Waals surface area contributed by atoms with Gasteiger partial charge >= 0.3 is 0 Å². The SMILES string of the molecule is O=C(NC1CCN(CC2CCC3(CCCCC3)O2)CC1)C1CCCCC1. The zero-order chi connectivity index (χ0) is 17.8. The first-order valence-corrected chi connectivity index (χ1v) is 11.4. The molecule has 26 heavy (non-hydrogen) atoms. The van der Waals surface area contributed by atoms with Crippen molar-refractivity contribution in [3.63, 3.8) is 0 Å². The molecule has 148 valence electrons. The molecule has 4 aliphatic rings. The van der Waals surface area contributed by atoms with Gasteiger partial charge in [-0.2, -0.15) is 0 Å². The van der Waals surface area contributed by atoms with Crippen molar-refractivity contribution >= 4 is 5.91 Å². The molecule has 2 saturated heterocycles. The fourth-order valence-electron chi connectivity index (χ4n) is 5.82. The van der Waals surface area contributed by atoms with Crippen LogP contribution < -0.4 is 5.32 Å². The number of rotatable bonds is 4. The Morgan fingerprint density at radius 1 is 0.885 bits per heavy atom. The Morgan fingerprint density at radius 3 is 2.31 bits per heavy atom. The smallest absolute Gasteiger partial charge is 0.223 e. The van der Waals surface area contributed by atoms with Crippen molar-refractivity contribution in [1.29, 1.82) is 0 Å². The van der Waals surface area contributed by atoms with Crippen LogP contribution in [0.4, 0.5) is 0 Å².